The van der Waals surface area contributed by atoms with Crippen molar-refractivity contribution in [3.63, 3.8) is 0 Å². The fourth-order valence-corrected chi connectivity index (χ4v) is 3.09. The molecule has 0 amide bonds. The first-order chi connectivity index (χ1) is 12.7. The Hall–Kier alpha value is -3.33. The van der Waals surface area contributed by atoms with Crippen LogP contribution in [0.3, 0.4) is 0 Å². The maximum absolute atomic E-state index is 12.1. The van der Waals surface area contributed by atoms with Crippen molar-refractivity contribution in [3.8, 4) is 11.4 Å². The summed E-state index contributed by atoms with van der Waals surface area (Å²) in [7, 11) is 0. The largest absolute Gasteiger partial charge is 0.455 e. The van der Waals surface area contributed by atoms with Crippen molar-refractivity contribution >= 4 is 28.1 Å². The van der Waals surface area contributed by atoms with Crippen LogP contribution in [0, 0.1) is 0 Å². The molecule has 3 heterocycles. The maximum Gasteiger partial charge on any atom is 0.312 e. The van der Waals surface area contributed by atoms with Crippen molar-refractivity contribution in [2.75, 3.05) is 0 Å². The molecule has 0 aliphatic heterocycles. The lowest BCUT2D eigenvalue weighted by Gasteiger charge is -2.04. The lowest BCUT2D eigenvalue weighted by Crippen LogP contribution is -2.15. The van der Waals surface area contributed by atoms with Crippen LogP contribution in [0.2, 0.25) is 0 Å². The lowest BCUT2D eigenvalue weighted by molar-refractivity contribution is -0.144. The molecule has 9 heteroatoms. The zero-order valence-electron chi connectivity index (χ0n) is 13.3. The molecule has 0 unspecified atom stereocenters. The molecule has 26 heavy (non-hydrogen) atoms. The number of nitrogens with one attached hydrogen (secondary N) is 1. The summed E-state index contributed by atoms with van der Waals surface area (Å²) >= 11 is 1.53. The third kappa shape index (κ3) is 3.24. The summed E-state index contributed by atoms with van der Waals surface area (Å²) in [5.41, 5.74) is 0.986. The third-order valence-corrected chi connectivity index (χ3v) is 4.37. The van der Waals surface area contributed by atoms with E-state index in [1.54, 1.807) is 24.3 Å². The van der Waals surface area contributed by atoms with Gasteiger partial charge in [0.05, 0.1) is 17.5 Å². The molecule has 0 bridgehead atoms. The van der Waals surface area contributed by atoms with Gasteiger partial charge in [-0.3, -0.25) is 9.59 Å². The lowest BCUT2D eigenvalue weighted by atomic mass is 10.1. The number of carbonyl (C=O) groups excluding carboxylic acids is 1. The molecule has 0 aliphatic carbocycles. The van der Waals surface area contributed by atoms with Crippen LogP contribution < -0.4 is 5.56 Å². The highest BCUT2D eigenvalue weighted by Gasteiger charge is 2.14. The van der Waals surface area contributed by atoms with E-state index in [0.29, 0.717) is 22.3 Å². The molecule has 0 saturated carbocycles. The second-order valence-electron chi connectivity index (χ2n) is 5.41. The van der Waals surface area contributed by atoms with Gasteiger partial charge in [0.1, 0.15) is 0 Å². The maximum atomic E-state index is 12.1. The van der Waals surface area contributed by atoms with Gasteiger partial charge in [0.25, 0.3) is 11.4 Å². The van der Waals surface area contributed by atoms with Gasteiger partial charge in [0, 0.05) is 16.3 Å². The van der Waals surface area contributed by atoms with Crippen molar-refractivity contribution in [2.24, 2.45) is 0 Å². The van der Waals surface area contributed by atoms with E-state index in [9.17, 15) is 9.59 Å². The van der Waals surface area contributed by atoms with E-state index in [1.807, 2.05) is 16.8 Å². The van der Waals surface area contributed by atoms with Crippen LogP contribution in [0.5, 0.6) is 0 Å². The predicted molar refractivity (Wildman–Crippen MR) is 93.5 cm³/mol. The van der Waals surface area contributed by atoms with Crippen LogP contribution in [0.1, 0.15) is 11.6 Å². The summed E-state index contributed by atoms with van der Waals surface area (Å²) in [5.74, 6) is 0.148. The van der Waals surface area contributed by atoms with Gasteiger partial charge in [-0.05, 0) is 17.5 Å². The summed E-state index contributed by atoms with van der Waals surface area (Å²) < 4.78 is 10.3. The molecule has 1 N–H and O–H groups in total. The second kappa shape index (κ2) is 6.89. The molecule has 0 saturated heterocycles. The van der Waals surface area contributed by atoms with Gasteiger partial charge >= 0.3 is 5.97 Å². The zero-order chi connectivity index (χ0) is 17.9. The Labute approximate surface area is 150 Å². The second-order valence-corrected chi connectivity index (χ2v) is 6.19. The number of hydrogen-bond acceptors (Lipinski definition) is 8. The number of fused-ring (bicyclic) bond motifs is 1. The van der Waals surface area contributed by atoms with E-state index in [1.165, 1.54) is 11.3 Å². The number of esters is 1. The van der Waals surface area contributed by atoms with E-state index in [2.05, 4.69) is 20.3 Å². The Kier molecular flexibility index (Phi) is 4.28. The predicted octanol–water partition coefficient (Wildman–Crippen LogP) is 2.32. The Bertz CT molecular complexity index is 1120. The zero-order valence-corrected chi connectivity index (χ0v) is 14.2. The third-order valence-electron chi connectivity index (χ3n) is 3.69. The Morgan fingerprint density at radius 1 is 1.23 bits per heavy atom. The van der Waals surface area contributed by atoms with Crippen LogP contribution in [0.25, 0.3) is 22.2 Å². The van der Waals surface area contributed by atoms with Gasteiger partial charge < -0.3 is 9.26 Å². The van der Waals surface area contributed by atoms with Crippen LogP contribution in [-0.4, -0.2) is 26.3 Å². The Morgan fingerprint density at radius 3 is 2.88 bits per heavy atom. The van der Waals surface area contributed by atoms with Crippen LogP contribution in [-0.2, 0) is 22.6 Å². The average Bonchev–Trinajstić information content (AvgIpc) is 3.34. The number of nitrogens with zero attached hydrogens (tertiary/aromatic N) is 3. The highest BCUT2D eigenvalue weighted by molar-refractivity contribution is 7.08. The van der Waals surface area contributed by atoms with Gasteiger partial charge in [-0.2, -0.15) is 21.4 Å². The Balaban J connectivity index is 1.44. The molecule has 1 aromatic carbocycles. The molecular weight excluding hydrogens is 356 g/mol. The number of hydrogen-bond donors (Lipinski definition) is 1. The number of aromatic nitrogens is 4. The first-order valence-electron chi connectivity index (χ1n) is 7.68. The summed E-state index contributed by atoms with van der Waals surface area (Å²) in [6, 6.07) is 8.82. The topological polar surface area (TPSA) is 111 Å². The van der Waals surface area contributed by atoms with Crippen LogP contribution in [0.15, 0.2) is 50.4 Å². The summed E-state index contributed by atoms with van der Waals surface area (Å²) in [4.78, 5) is 28.1. The quantitative estimate of drug-likeness (QED) is 0.538. The normalized spacial score (nSPS) is 10.9. The van der Waals surface area contributed by atoms with E-state index in [0.717, 1.165) is 5.56 Å². The van der Waals surface area contributed by atoms with Crippen LogP contribution >= 0.6 is 11.3 Å². The van der Waals surface area contributed by atoms with E-state index < -0.39 is 5.97 Å². The van der Waals surface area contributed by atoms with E-state index >= 15 is 0 Å². The van der Waals surface area contributed by atoms with Gasteiger partial charge in [-0.15, -0.1) is 0 Å². The van der Waals surface area contributed by atoms with Crippen molar-refractivity contribution < 1.29 is 14.1 Å². The number of benzene rings is 1. The molecule has 0 atom stereocenters. The number of carbonyl (C=O) groups is 1. The molecule has 0 radical (unpaired) electrons. The minimum atomic E-state index is -0.509. The van der Waals surface area contributed by atoms with Crippen molar-refractivity contribution in [1.82, 2.24) is 20.3 Å². The number of thiophene rings is 1. The monoisotopic (exact) mass is 368 g/mol. The first kappa shape index (κ1) is 16.2. The molecule has 0 aliphatic rings. The number of ether oxygens (including phenoxy) is 1. The summed E-state index contributed by atoms with van der Waals surface area (Å²) in [6.45, 7) is -0.128. The fourth-order valence-electron chi connectivity index (χ4n) is 2.46. The highest BCUT2D eigenvalue weighted by Crippen LogP contribution is 2.19. The van der Waals surface area contributed by atoms with Crippen molar-refractivity contribution in [2.45, 2.75) is 13.0 Å². The molecular formula is C17H12N4O4S. The number of aromatic amines is 1. The minimum absolute atomic E-state index is 0.0805. The Morgan fingerprint density at radius 2 is 2.08 bits per heavy atom. The van der Waals surface area contributed by atoms with Crippen LogP contribution in [0.4, 0.5) is 0 Å². The highest BCUT2D eigenvalue weighted by atomic mass is 32.1. The smallest absolute Gasteiger partial charge is 0.312 e. The molecule has 4 aromatic rings. The molecule has 4 rings (SSSR count). The minimum Gasteiger partial charge on any atom is -0.455 e. The van der Waals surface area contributed by atoms with Gasteiger partial charge in [-0.1, -0.05) is 23.4 Å². The fraction of sp³-hybridized carbons (Fsp3) is 0.118. The van der Waals surface area contributed by atoms with Gasteiger partial charge in [0.2, 0.25) is 5.82 Å². The average molecular weight is 368 g/mol. The molecule has 0 fully saturated rings. The molecule has 3 aromatic heterocycles. The summed E-state index contributed by atoms with van der Waals surface area (Å²) in [5, 5.41) is 15.1. The SMILES string of the molecule is O=C(Cc1n[nH]c(=O)c2ccccc12)OCc1nc(-c2ccsc2)no1. The summed E-state index contributed by atoms with van der Waals surface area (Å²) in [6.07, 6.45) is -0.0805. The van der Waals surface area contributed by atoms with E-state index in [4.69, 9.17) is 9.26 Å². The van der Waals surface area contributed by atoms with Gasteiger partial charge in [0.15, 0.2) is 6.61 Å². The molecule has 0 spiro atoms. The van der Waals surface area contributed by atoms with E-state index in [-0.39, 0.29) is 24.5 Å². The molecule has 8 nitrogen and oxygen atoms in total. The van der Waals surface area contributed by atoms with Crippen molar-refractivity contribution in [3.05, 3.63) is 63.0 Å². The van der Waals surface area contributed by atoms with Crippen molar-refractivity contribution in [1.29, 1.82) is 0 Å². The first-order valence-corrected chi connectivity index (χ1v) is 8.62. The number of H-pyrrole nitrogens is 1. The van der Waals surface area contributed by atoms with Gasteiger partial charge in [-0.25, -0.2) is 5.10 Å². The molecule has 130 valence electrons. The standard InChI is InChI=1S/C17H12N4O4S/c22-15(7-13-11-3-1-2-4-12(11)17(23)20-19-13)24-8-14-18-16(21-25-14)10-5-6-26-9-10/h1-6,9H,7-8H2,(H,20,23). The number of rotatable bonds is 5.